The van der Waals surface area contributed by atoms with Gasteiger partial charge in [-0.15, -0.1) is 0 Å². The third-order valence-corrected chi connectivity index (χ3v) is 2.68. The van der Waals surface area contributed by atoms with Crippen LogP contribution in [0.25, 0.3) is 0 Å². The first kappa shape index (κ1) is 12.4. The summed E-state index contributed by atoms with van der Waals surface area (Å²) in [7, 11) is 0. The maximum Gasteiger partial charge on any atom is 0.262 e. The van der Waals surface area contributed by atoms with Crippen molar-refractivity contribution in [3.63, 3.8) is 0 Å². The van der Waals surface area contributed by atoms with Crippen LogP contribution < -0.4 is 15.4 Å². The molecule has 1 aromatic carbocycles. The highest BCUT2D eigenvalue weighted by atomic mass is 16.5. The van der Waals surface area contributed by atoms with Gasteiger partial charge >= 0.3 is 0 Å². The number of rotatable bonds is 4. The number of nitriles is 1. The molecule has 5 nitrogen and oxygen atoms in total. The lowest BCUT2D eigenvalue weighted by molar-refractivity contribution is -0.118. The summed E-state index contributed by atoms with van der Waals surface area (Å²) in [6, 6.07) is 7.84. The van der Waals surface area contributed by atoms with E-state index >= 15 is 0 Å². The van der Waals surface area contributed by atoms with Crippen molar-refractivity contribution < 1.29 is 9.53 Å². The molecular weight excluding hydrogens is 230 g/mol. The van der Waals surface area contributed by atoms with E-state index in [9.17, 15) is 4.79 Å². The summed E-state index contributed by atoms with van der Waals surface area (Å²) in [5, 5.41) is 14.6. The van der Waals surface area contributed by atoms with E-state index in [-0.39, 0.29) is 18.4 Å². The normalized spacial score (nSPS) is 15.0. The van der Waals surface area contributed by atoms with Crippen molar-refractivity contribution in [1.82, 2.24) is 5.32 Å². The van der Waals surface area contributed by atoms with Gasteiger partial charge < -0.3 is 15.4 Å². The summed E-state index contributed by atoms with van der Waals surface area (Å²) >= 11 is 0. The molecule has 2 rings (SSSR count). The smallest absolute Gasteiger partial charge is 0.262 e. The number of hydrogen-bond acceptors (Lipinski definition) is 4. The minimum absolute atomic E-state index is 0.00865. The number of benzene rings is 1. The number of anilines is 1. The van der Waals surface area contributed by atoms with Gasteiger partial charge in [0.1, 0.15) is 5.75 Å². The van der Waals surface area contributed by atoms with E-state index < -0.39 is 0 Å². The van der Waals surface area contributed by atoms with Gasteiger partial charge in [-0.2, -0.15) is 5.26 Å². The topological polar surface area (TPSA) is 74.2 Å². The van der Waals surface area contributed by atoms with Crippen LogP contribution in [0.5, 0.6) is 5.75 Å². The van der Waals surface area contributed by atoms with Crippen LogP contribution in [0.15, 0.2) is 18.2 Å². The Kier molecular flexibility index (Phi) is 3.80. The zero-order valence-electron chi connectivity index (χ0n) is 10.2. The SMILES string of the molecule is CC(C#N)CNCc1ccc2c(c1)NC(=O)CO2. The minimum atomic E-state index is -0.134. The highest BCUT2D eigenvalue weighted by molar-refractivity contribution is 5.95. The van der Waals surface area contributed by atoms with E-state index in [0.29, 0.717) is 24.5 Å². The number of nitrogens with zero attached hydrogens (tertiary/aromatic N) is 1. The fourth-order valence-electron chi connectivity index (χ4n) is 1.72. The molecule has 0 saturated carbocycles. The predicted octanol–water partition coefficient (Wildman–Crippen LogP) is 1.27. The summed E-state index contributed by atoms with van der Waals surface area (Å²) in [4.78, 5) is 11.2. The molecular formula is C13H15N3O2. The fraction of sp³-hybridized carbons (Fsp3) is 0.385. The summed E-state index contributed by atoms with van der Waals surface area (Å²) in [5.41, 5.74) is 1.75. The highest BCUT2D eigenvalue weighted by Gasteiger charge is 2.15. The van der Waals surface area contributed by atoms with Gasteiger partial charge in [0, 0.05) is 13.1 Å². The van der Waals surface area contributed by atoms with Crippen LogP contribution in [-0.2, 0) is 11.3 Å². The summed E-state index contributed by atoms with van der Waals surface area (Å²) < 4.78 is 5.28. The summed E-state index contributed by atoms with van der Waals surface area (Å²) in [6.45, 7) is 3.25. The number of fused-ring (bicyclic) bond motifs is 1. The molecule has 18 heavy (non-hydrogen) atoms. The van der Waals surface area contributed by atoms with Crippen molar-refractivity contribution in [2.45, 2.75) is 13.5 Å². The first-order chi connectivity index (χ1) is 8.69. The molecule has 0 bridgehead atoms. The molecule has 0 fully saturated rings. The predicted molar refractivity (Wildman–Crippen MR) is 67.1 cm³/mol. The molecule has 0 aromatic heterocycles. The lowest BCUT2D eigenvalue weighted by Gasteiger charge is -2.18. The van der Waals surface area contributed by atoms with E-state index in [1.165, 1.54) is 0 Å². The molecule has 5 heteroatoms. The van der Waals surface area contributed by atoms with Gasteiger partial charge in [-0.3, -0.25) is 4.79 Å². The first-order valence-electron chi connectivity index (χ1n) is 5.85. The maximum absolute atomic E-state index is 11.2. The van der Waals surface area contributed by atoms with Gasteiger partial charge in [0.05, 0.1) is 17.7 Å². The third kappa shape index (κ3) is 2.99. The lowest BCUT2D eigenvalue weighted by atomic mass is 10.1. The Morgan fingerprint density at radius 3 is 3.22 bits per heavy atom. The van der Waals surface area contributed by atoms with Crippen molar-refractivity contribution in [3.8, 4) is 11.8 Å². The molecule has 1 unspecified atom stereocenters. The van der Waals surface area contributed by atoms with Crippen LogP contribution in [0.1, 0.15) is 12.5 Å². The van der Waals surface area contributed by atoms with Crippen molar-refractivity contribution in [3.05, 3.63) is 23.8 Å². The molecule has 0 saturated heterocycles. The van der Waals surface area contributed by atoms with Crippen molar-refractivity contribution in [1.29, 1.82) is 5.26 Å². The lowest BCUT2D eigenvalue weighted by Crippen LogP contribution is -2.25. The third-order valence-electron chi connectivity index (χ3n) is 2.68. The quantitative estimate of drug-likeness (QED) is 0.837. The monoisotopic (exact) mass is 245 g/mol. The second-order valence-corrected chi connectivity index (χ2v) is 4.33. The van der Waals surface area contributed by atoms with Crippen molar-refractivity contribution >= 4 is 11.6 Å². The molecule has 94 valence electrons. The van der Waals surface area contributed by atoms with Crippen LogP contribution in [0.3, 0.4) is 0 Å². The molecule has 2 N–H and O–H groups in total. The summed E-state index contributed by atoms with van der Waals surface area (Å²) in [5.74, 6) is 0.556. The Morgan fingerprint density at radius 1 is 1.61 bits per heavy atom. The van der Waals surface area contributed by atoms with Crippen LogP contribution in [0.2, 0.25) is 0 Å². The van der Waals surface area contributed by atoms with Crippen molar-refractivity contribution in [2.24, 2.45) is 5.92 Å². The molecule has 1 heterocycles. The molecule has 1 aliphatic rings. The largest absolute Gasteiger partial charge is 0.482 e. The first-order valence-corrected chi connectivity index (χ1v) is 5.85. The number of nitrogens with one attached hydrogen (secondary N) is 2. The molecule has 0 spiro atoms. The van der Waals surface area contributed by atoms with Crippen LogP contribution in [-0.4, -0.2) is 19.1 Å². The zero-order chi connectivity index (χ0) is 13.0. The highest BCUT2D eigenvalue weighted by Crippen LogP contribution is 2.28. The molecule has 0 aliphatic carbocycles. The number of hydrogen-bond donors (Lipinski definition) is 2. The van der Waals surface area contributed by atoms with E-state index in [1.54, 1.807) is 0 Å². The number of carbonyl (C=O) groups is 1. The van der Waals surface area contributed by atoms with Gasteiger partial charge in [-0.05, 0) is 24.6 Å². The van der Waals surface area contributed by atoms with E-state index in [4.69, 9.17) is 10.00 Å². The molecule has 1 amide bonds. The van der Waals surface area contributed by atoms with Crippen LogP contribution in [0, 0.1) is 17.2 Å². The maximum atomic E-state index is 11.2. The average molecular weight is 245 g/mol. The molecule has 1 aromatic rings. The van der Waals surface area contributed by atoms with Gasteiger partial charge in [0.2, 0.25) is 0 Å². The molecule has 0 radical (unpaired) electrons. The Balaban J connectivity index is 1.96. The number of amides is 1. The Hall–Kier alpha value is -2.06. The number of carbonyl (C=O) groups excluding carboxylic acids is 1. The summed E-state index contributed by atoms with van der Waals surface area (Å²) in [6.07, 6.45) is 0. The zero-order valence-corrected chi connectivity index (χ0v) is 10.2. The molecule has 1 atom stereocenters. The standard InChI is InChI=1S/C13H15N3O2/c1-9(5-14)6-15-7-10-2-3-12-11(4-10)16-13(17)8-18-12/h2-4,9,15H,6-8H2,1H3,(H,16,17). The van der Waals surface area contributed by atoms with E-state index in [1.807, 2.05) is 25.1 Å². The van der Waals surface area contributed by atoms with Crippen LogP contribution >= 0.6 is 0 Å². The van der Waals surface area contributed by atoms with Gasteiger partial charge in [0.25, 0.3) is 5.91 Å². The van der Waals surface area contributed by atoms with Crippen LogP contribution in [0.4, 0.5) is 5.69 Å². The van der Waals surface area contributed by atoms with Gasteiger partial charge in [-0.1, -0.05) is 6.07 Å². The second-order valence-electron chi connectivity index (χ2n) is 4.33. The second kappa shape index (κ2) is 5.52. The Bertz CT molecular complexity index is 493. The molecule has 1 aliphatic heterocycles. The fourth-order valence-corrected chi connectivity index (χ4v) is 1.72. The minimum Gasteiger partial charge on any atom is -0.482 e. The van der Waals surface area contributed by atoms with Gasteiger partial charge in [0.15, 0.2) is 6.61 Å². The number of ether oxygens (including phenoxy) is 1. The Morgan fingerprint density at radius 2 is 2.44 bits per heavy atom. The Labute approximate surface area is 106 Å². The van der Waals surface area contributed by atoms with Gasteiger partial charge in [-0.25, -0.2) is 0 Å². The average Bonchev–Trinajstić information content (AvgIpc) is 2.38. The van der Waals surface area contributed by atoms with E-state index in [0.717, 1.165) is 5.56 Å². The van der Waals surface area contributed by atoms with Crippen molar-refractivity contribution in [2.75, 3.05) is 18.5 Å². The van der Waals surface area contributed by atoms with E-state index in [2.05, 4.69) is 16.7 Å².